The predicted molar refractivity (Wildman–Crippen MR) is 58.2 cm³/mol. The number of rotatable bonds is 5. The van der Waals surface area contributed by atoms with Crippen LogP contribution in [0.25, 0.3) is 0 Å². The first kappa shape index (κ1) is 11.7. The minimum atomic E-state index is -0.723. The van der Waals surface area contributed by atoms with Crippen LogP contribution in [0.15, 0.2) is 12.2 Å². The van der Waals surface area contributed by atoms with Gasteiger partial charge in [-0.2, -0.15) is 0 Å². The largest absolute Gasteiger partial charge is 0.316 e. The molecule has 1 aliphatic rings. The summed E-state index contributed by atoms with van der Waals surface area (Å²) in [5.74, 6) is 0. The van der Waals surface area contributed by atoms with E-state index in [1.807, 2.05) is 13.1 Å². The van der Waals surface area contributed by atoms with Crippen LogP contribution in [0.5, 0.6) is 0 Å². The van der Waals surface area contributed by atoms with Crippen molar-refractivity contribution >= 4 is 0 Å². The first-order valence-electron chi connectivity index (χ1n) is 5.49. The van der Waals surface area contributed by atoms with Gasteiger partial charge in [0.25, 0.3) is 0 Å². The summed E-state index contributed by atoms with van der Waals surface area (Å²) in [6.07, 6.45) is 5.59. The zero-order chi connectivity index (χ0) is 10.4. The summed E-state index contributed by atoms with van der Waals surface area (Å²) in [4.78, 5) is 0. The fourth-order valence-electron chi connectivity index (χ4n) is 1.70. The zero-order valence-electron chi connectivity index (χ0n) is 9.09. The average Bonchev–Trinajstić information content (AvgIpc) is 2.22. The van der Waals surface area contributed by atoms with Crippen molar-refractivity contribution in [1.29, 1.82) is 0 Å². The van der Waals surface area contributed by atoms with Gasteiger partial charge in [-0.15, -0.1) is 0 Å². The molecule has 0 saturated heterocycles. The van der Waals surface area contributed by atoms with Crippen molar-refractivity contribution in [3.63, 3.8) is 0 Å². The van der Waals surface area contributed by atoms with Crippen LogP contribution in [0.4, 0.5) is 4.39 Å². The Balaban J connectivity index is 2.21. The number of likely N-dealkylation sites (N-methyl/N-ethyl adjacent to an activating group) is 1. The summed E-state index contributed by atoms with van der Waals surface area (Å²) in [6.45, 7) is 3.12. The summed E-state index contributed by atoms with van der Waals surface area (Å²) in [5, 5.41) is 6.67. The normalized spacial score (nSPS) is 29.1. The molecule has 0 radical (unpaired) electrons. The van der Waals surface area contributed by atoms with Gasteiger partial charge in [0.15, 0.2) is 0 Å². The van der Waals surface area contributed by atoms with Gasteiger partial charge in [0.2, 0.25) is 0 Å². The molecule has 3 heteroatoms. The molecule has 0 fully saturated rings. The number of nitrogens with one attached hydrogen (secondary N) is 2. The number of hydrogen-bond acceptors (Lipinski definition) is 2. The highest BCUT2D eigenvalue weighted by Crippen LogP contribution is 2.13. The molecule has 0 spiro atoms. The minimum absolute atomic E-state index is 0.365. The molecule has 1 aliphatic carbocycles. The molecule has 3 atom stereocenters. The highest BCUT2D eigenvalue weighted by molar-refractivity contribution is 5.02. The van der Waals surface area contributed by atoms with E-state index < -0.39 is 6.17 Å². The maximum atomic E-state index is 12.8. The second-order valence-electron chi connectivity index (χ2n) is 3.89. The molecule has 0 aromatic carbocycles. The van der Waals surface area contributed by atoms with Gasteiger partial charge in [0.05, 0.1) is 0 Å². The summed E-state index contributed by atoms with van der Waals surface area (Å²) >= 11 is 0. The van der Waals surface area contributed by atoms with Gasteiger partial charge in [-0.1, -0.05) is 19.1 Å². The van der Waals surface area contributed by atoms with Gasteiger partial charge in [-0.3, -0.25) is 0 Å². The lowest BCUT2D eigenvalue weighted by Gasteiger charge is -2.22. The fourth-order valence-corrected chi connectivity index (χ4v) is 1.70. The fraction of sp³-hybridized carbons (Fsp3) is 0.818. The molecule has 0 aromatic rings. The van der Waals surface area contributed by atoms with E-state index in [4.69, 9.17) is 0 Å². The smallest absolute Gasteiger partial charge is 0.118 e. The molecular formula is C11H21FN2. The van der Waals surface area contributed by atoms with E-state index in [-0.39, 0.29) is 0 Å². The number of alkyl halides is 1. The van der Waals surface area contributed by atoms with Crippen LogP contribution < -0.4 is 10.6 Å². The summed E-state index contributed by atoms with van der Waals surface area (Å²) in [6, 6.07) is 0.885. The van der Waals surface area contributed by atoms with E-state index in [0.717, 1.165) is 19.4 Å². The summed E-state index contributed by atoms with van der Waals surface area (Å²) in [7, 11) is 1.98. The van der Waals surface area contributed by atoms with E-state index in [1.165, 1.54) is 0 Å². The van der Waals surface area contributed by atoms with Gasteiger partial charge in [0, 0.05) is 18.6 Å². The second kappa shape index (κ2) is 6.14. The highest BCUT2D eigenvalue weighted by atomic mass is 19.1. The lowest BCUT2D eigenvalue weighted by atomic mass is 10.0. The Morgan fingerprint density at radius 2 is 2.21 bits per heavy atom. The molecule has 0 aromatic heterocycles. The molecule has 0 aliphatic heterocycles. The van der Waals surface area contributed by atoms with E-state index in [0.29, 0.717) is 18.5 Å². The second-order valence-corrected chi connectivity index (χ2v) is 3.89. The van der Waals surface area contributed by atoms with Crippen molar-refractivity contribution in [1.82, 2.24) is 10.6 Å². The zero-order valence-corrected chi connectivity index (χ0v) is 9.09. The van der Waals surface area contributed by atoms with Gasteiger partial charge < -0.3 is 10.6 Å². The van der Waals surface area contributed by atoms with E-state index in [1.54, 1.807) is 6.08 Å². The van der Waals surface area contributed by atoms with Crippen LogP contribution >= 0.6 is 0 Å². The Morgan fingerprint density at radius 3 is 2.71 bits per heavy atom. The van der Waals surface area contributed by atoms with Gasteiger partial charge in [0.1, 0.15) is 6.17 Å². The van der Waals surface area contributed by atoms with E-state index >= 15 is 0 Å². The maximum absolute atomic E-state index is 12.8. The van der Waals surface area contributed by atoms with Crippen molar-refractivity contribution < 1.29 is 4.39 Å². The molecule has 1 unspecified atom stereocenters. The lowest BCUT2D eigenvalue weighted by molar-refractivity contribution is 0.335. The van der Waals surface area contributed by atoms with Crippen molar-refractivity contribution in [2.45, 2.75) is 44.4 Å². The molecule has 2 nitrogen and oxygen atoms in total. The number of allylic oxidation sites excluding steroid dienone is 1. The first-order chi connectivity index (χ1) is 6.76. The van der Waals surface area contributed by atoms with Crippen molar-refractivity contribution in [2.75, 3.05) is 13.6 Å². The topological polar surface area (TPSA) is 24.1 Å². The average molecular weight is 200 g/mol. The summed E-state index contributed by atoms with van der Waals surface area (Å²) < 4.78 is 12.8. The van der Waals surface area contributed by atoms with E-state index in [9.17, 15) is 4.39 Å². The Bertz CT molecular complexity index is 178. The Kier molecular flexibility index (Phi) is 5.12. The van der Waals surface area contributed by atoms with Gasteiger partial charge in [-0.05, 0) is 26.3 Å². The predicted octanol–water partition coefficient (Wildman–Crippen LogP) is 1.63. The Morgan fingerprint density at radius 1 is 1.43 bits per heavy atom. The van der Waals surface area contributed by atoms with Crippen LogP contribution in [0.1, 0.15) is 26.2 Å². The SMILES string of the molecule is CC[C@@H](CNC1C=C[C@H](F)CC1)NC. The third kappa shape index (κ3) is 3.76. The summed E-state index contributed by atoms with van der Waals surface area (Å²) in [5.41, 5.74) is 0. The van der Waals surface area contributed by atoms with Crippen molar-refractivity contribution in [3.05, 3.63) is 12.2 Å². The molecule has 0 amide bonds. The van der Waals surface area contributed by atoms with Crippen LogP contribution in [-0.2, 0) is 0 Å². The third-order valence-electron chi connectivity index (χ3n) is 2.83. The maximum Gasteiger partial charge on any atom is 0.118 e. The van der Waals surface area contributed by atoms with Crippen LogP contribution in [0.3, 0.4) is 0 Å². The Labute approximate surface area is 86.0 Å². The first-order valence-corrected chi connectivity index (χ1v) is 5.49. The molecular weight excluding hydrogens is 179 g/mol. The van der Waals surface area contributed by atoms with Crippen LogP contribution in [0, 0.1) is 0 Å². The molecule has 14 heavy (non-hydrogen) atoms. The standard InChI is InChI=1S/C11H21FN2/c1-3-10(13-2)8-14-11-6-4-9(12)5-7-11/h4,6,9-11,13-14H,3,5,7-8H2,1-2H3/t9-,10-,11?/m0/s1. The number of hydrogen-bond donors (Lipinski definition) is 2. The van der Waals surface area contributed by atoms with Crippen LogP contribution in [0.2, 0.25) is 0 Å². The highest BCUT2D eigenvalue weighted by Gasteiger charge is 2.14. The molecule has 1 rings (SSSR count). The third-order valence-corrected chi connectivity index (χ3v) is 2.83. The molecule has 2 N–H and O–H groups in total. The minimum Gasteiger partial charge on any atom is -0.316 e. The monoisotopic (exact) mass is 200 g/mol. The lowest BCUT2D eigenvalue weighted by Crippen LogP contribution is -2.41. The number of halogens is 1. The quantitative estimate of drug-likeness (QED) is 0.659. The molecule has 0 saturated carbocycles. The Hall–Kier alpha value is -0.410. The van der Waals surface area contributed by atoms with Gasteiger partial charge in [-0.25, -0.2) is 4.39 Å². The van der Waals surface area contributed by atoms with Crippen molar-refractivity contribution in [3.8, 4) is 0 Å². The van der Waals surface area contributed by atoms with Crippen molar-refractivity contribution in [2.24, 2.45) is 0 Å². The molecule has 0 heterocycles. The molecule has 82 valence electrons. The van der Waals surface area contributed by atoms with E-state index in [2.05, 4.69) is 17.6 Å². The van der Waals surface area contributed by atoms with Gasteiger partial charge >= 0.3 is 0 Å². The van der Waals surface area contributed by atoms with Crippen LogP contribution in [-0.4, -0.2) is 31.8 Å². The molecule has 0 bridgehead atoms.